The number of rotatable bonds is 0. The highest BCUT2D eigenvalue weighted by Crippen LogP contribution is 2.57. The number of fused-ring (bicyclic) bond motifs is 3. The number of ketones is 1. The van der Waals surface area contributed by atoms with E-state index in [4.69, 9.17) is 0 Å². The molecule has 96 valence electrons. The molecule has 1 N–H and O–H groups in total. The van der Waals surface area contributed by atoms with Crippen molar-refractivity contribution in [3.8, 4) is 5.75 Å². The van der Waals surface area contributed by atoms with Gasteiger partial charge < -0.3 is 5.11 Å². The zero-order valence-corrected chi connectivity index (χ0v) is 11.1. The third-order valence-corrected chi connectivity index (χ3v) is 5.45. The molecule has 0 aromatic heterocycles. The molecule has 2 atom stereocenters. The zero-order valence-electron chi connectivity index (χ0n) is 11.1. The average molecular weight is 244 g/mol. The molecule has 0 heterocycles. The smallest absolute Gasteiger partial charge is 0.133 e. The van der Waals surface area contributed by atoms with Gasteiger partial charge in [-0.15, -0.1) is 0 Å². The largest absolute Gasteiger partial charge is 0.508 e. The van der Waals surface area contributed by atoms with Gasteiger partial charge in [0.25, 0.3) is 0 Å². The molecule has 0 radical (unpaired) electrons. The molecule has 0 bridgehead atoms. The van der Waals surface area contributed by atoms with E-state index in [0.29, 0.717) is 24.4 Å². The third-order valence-electron chi connectivity index (χ3n) is 5.45. The van der Waals surface area contributed by atoms with Gasteiger partial charge in [0, 0.05) is 12.8 Å². The molecule has 2 nitrogen and oxygen atoms in total. The van der Waals surface area contributed by atoms with Crippen LogP contribution in [0.3, 0.4) is 0 Å². The first-order valence-electron chi connectivity index (χ1n) is 6.79. The summed E-state index contributed by atoms with van der Waals surface area (Å²) in [6.07, 6.45) is 4.38. The fourth-order valence-corrected chi connectivity index (χ4v) is 3.97. The molecule has 18 heavy (non-hydrogen) atoms. The van der Waals surface area contributed by atoms with Crippen LogP contribution in [0.1, 0.15) is 50.7 Å². The second-order valence-corrected chi connectivity index (χ2v) is 6.45. The maximum Gasteiger partial charge on any atom is 0.133 e. The fourth-order valence-electron chi connectivity index (χ4n) is 3.97. The monoisotopic (exact) mass is 244 g/mol. The van der Waals surface area contributed by atoms with Crippen molar-refractivity contribution < 1.29 is 9.90 Å². The summed E-state index contributed by atoms with van der Waals surface area (Å²) in [5.41, 5.74) is 2.79. The van der Waals surface area contributed by atoms with Crippen molar-refractivity contribution in [3.63, 3.8) is 0 Å². The lowest BCUT2D eigenvalue weighted by atomic mass is 9.50. The molecule has 0 spiro atoms. The summed E-state index contributed by atoms with van der Waals surface area (Å²) < 4.78 is 0. The molecule has 0 saturated heterocycles. The van der Waals surface area contributed by atoms with Crippen LogP contribution in [-0.2, 0) is 16.6 Å². The predicted molar refractivity (Wildman–Crippen MR) is 70.7 cm³/mol. The summed E-state index contributed by atoms with van der Waals surface area (Å²) in [5.74, 6) is 0.769. The van der Waals surface area contributed by atoms with Crippen molar-refractivity contribution in [1.29, 1.82) is 0 Å². The molecule has 1 aromatic rings. The number of benzene rings is 1. The van der Waals surface area contributed by atoms with Crippen LogP contribution in [0.5, 0.6) is 5.75 Å². The lowest BCUT2D eigenvalue weighted by Crippen LogP contribution is -2.49. The van der Waals surface area contributed by atoms with Crippen LogP contribution in [0.4, 0.5) is 0 Å². The zero-order chi connectivity index (χ0) is 13.0. The Labute approximate surface area is 108 Å². The van der Waals surface area contributed by atoms with Gasteiger partial charge >= 0.3 is 0 Å². The number of hydrogen-bond donors (Lipinski definition) is 1. The van der Waals surface area contributed by atoms with Gasteiger partial charge in [0.2, 0.25) is 0 Å². The highest BCUT2D eigenvalue weighted by Gasteiger charge is 2.52. The van der Waals surface area contributed by atoms with Crippen LogP contribution < -0.4 is 0 Å². The Bertz CT molecular complexity index is 520. The average Bonchev–Trinajstić information content (AvgIpc) is 2.31. The van der Waals surface area contributed by atoms with E-state index >= 15 is 0 Å². The number of Topliss-reactive ketones (excluding diaryl/α,β-unsaturated/α-hetero) is 1. The van der Waals surface area contributed by atoms with Crippen molar-refractivity contribution in [2.24, 2.45) is 5.41 Å². The van der Waals surface area contributed by atoms with Crippen molar-refractivity contribution in [3.05, 3.63) is 29.3 Å². The predicted octanol–water partition coefficient (Wildman–Crippen LogP) is 3.36. The van der Waals surface area contributed by atoms with E-state index in [2.05, 4.69) is 19.9 Å². The molecular weight excluding hydrogens is 224 g/mol. The number of phenolic OH excluding ortho intramolecular Hbond substituents is 1. The fraction of sp³-hybridized carbons (Fsp3) is 0.562. The normalized spacial score (nSPS) is 34.9. The number of aromatic hydroxyl groups is 1. The molecule has 2 heteroatoms. The summed E-state index contributed by atoms with van der Waals surface area (Å²) >= 11 is 0. The third kappa shape index (κ3) is 1.44. The standard InChI is InChI=1S/C16H20O2/c1-15-7-5-11-9-12(17)3-4-14(11)16(15,2)8-6-13(18)10-15/h3-4,9,17H,5-8,10H2,1-2H3. The molecule has 0 amide bonds. The van der Waals surface area contributed by atoms with Crippen molar-refractivity contribution in [2.45, 2.75) is 51.4 Å². The second-order valence-electron chi connectivity index (χ2n) is 6.45. The minimum Gasteiger partial charge on any atom is -0.508 e. The molecule has 1 saturated carbocycles. The van der Waals surface area contributed by atoms with E-state index in [-0.39, 0.29) is 10.8 Å². The quantitative estimate of drug-likeness (QED) is 0.760. The number of phenols is 1. The van der Waals surface area contributed by atoms with Gasteiger partial charge in [-0.2, -0.15) is 0 Å². The lowest BCUT2D eigenvalue weighted by molar-refractivity contribution is -0.127. The summed E-state index contributed by atoms with van der Waals surface area (Å²) in [7, 11) is 0. The summed E-state index contributed by atoms with van der Waals surface area (Å²) in [6, 6.07) is 5.75. The number of aryl methyl sites for hydroxylation is 1. The number of hydrogen-bond acceptors (Lipinski definition) is 2. The van der Waals surface area contributed by atoms with Crippen molar-refractivity contribution >= 4 is 5.78 Å². The van der Waals surface area contributed by atoms with E-state index < -0.39 is 0 Å². The second kappa shape index (κ2) is 3.59. The van der Waals surface area contributed by atoms with E-state index in [0.717, 1.165) is 19.3 Å². The first kappa shape index (κ1) is 11.8. The maximum atomic E-state index is 11.8. The summed E-state index contributed by atoms with van der Waals surface area (Å²) in [4.78, 5) is 11.8. The van der Waals surface area contributed by atoms with Crippen molar-refractivity contribution in [1.82, 2.24) is 0 Å². The van der Waals surface area contributed by atoms with Crippen LogP contribution in [0.15, 0.2) is 18.2 Å². The van der Waals surface area contributed by atoms with Gasteiger partial charge in [-0.1, -0.05) is 19.9 Å². The number of carbonyl (C=O) groups is 1. The Morgan fingerprint density at radius 1 is 1.17 bits per heavy atom. The van der Waals surface area contributed by atoms with Crippen LogP contribution >= 0.6 is 0 Å². The van der Waals surface area contributed by atoms with Gasteiger partial charge in [-0.05, 0) is 53.4 Å². The van der Waals surface area contributed by atoms with E-state index in [9.17, 15) is 9.90 Å². The van der Waals surface area contributed by atoms with Gasteiger partial charge in [0.15, 0.2) is 0 Å². The Morgan fingerprint density at radius 2 is 1.94 bits per heavy atom. The first-order valence-corrected chi connectivity index (χ1v) is 6.79. The molecule has 0 aliphatic heterocycles. The van der Waals surface area contributed by atoms with Crippen LogP contribution in [0, 0.1) is 5.41 Å². The maximum absolute atomic E-state index is 11.8. The highest BCUT2D eigenvalue weighted by atomic mass is 16.3. The molecule has 1 aromatic carbocycles. The minimum absolute atomic E-state index is 0.0855. The first-order chi connectivity index (χ1) is 8.45. The highest BCUT2D eigenvalue weighted by molar-refractivity contribution is 5.81. The van der Waals surface area contributed by atoms with Gasteiger partial charge in [-0.25, -0.2) is 0 Å². The molecule has 2 aliphatic carbocycles. The van der Waals surface area contributed by atoms with Gasteiger partial charge in [0.1, 0.15) is 11.5 Å². The van der Waals surface area contributed by atoms with Crippen molar-refractivity contribution in [2.75, 3.05) is 0 Å². The topological polar surface area (TPSA) is 37.3 Å². The lowest BCUT2D eigenvalue weighted by Gasteiger charge is -2.53. The Morgan fingerprint density at radius 3 is 2.72 bits per heavy atom. The van der Waals surface area contributed by atoms with Gasteiger partial charge in [0.05, 0.1) is 0 Å². The molecule has 3 rings (SSSR count). The number of carbonyl (C=O) groups excluding carboxylic acids is 1. The Kier molecular flexibility index (Phi) is 2.35. The van der Waals surface area contributed by atoms with E-state index in [1.165, 1.54) is 11.1 Å². The Hall–Kier alpha value is -1.31. The minimum atomic E-state index is 0.0855. The Balaban J connectivity index is 2.14. The van der Waals surface area contributed by atoms with Crippen LogP contribution in [0.25, 0.3) is 0 Å². The summed E-state index contributed by atoms with van der Waals surface area (Å²) in [5, 5.41) is 9.62. The van der Waals surface area contributed by atoms with Crippen LogP contribution in [0.2, 0.25) is 0 Å². The molecule has 2 aliphatic rings. The summed E-state index contributed by atoms with van der Waals surface area (Å²) in [6.45, 7) is 4.56. The van der Waals surface area contributed by atoms with E-state index in [1.807, 2.05) is 6.07 Å². The van der Waals surface area contributed by atoms with Gasteiger partial charge in [-0.3, -0.25) is 4.79 Å². The van der Waals surface area contributed by atoms with Crippen LogP contribution in [-0.4, -0.2) is 10.9 Å². The molecule has 1 fully saturated rings. The SMILES string of the molecule is CC12CCc3cc(O)ccc3C1(C)CCC(=O)C2. The van der Waals surface area contributed by atoms with E-state index in [1.54, 1.807) is 6.07 Å². The molecular formula is C16H20O2. The molecule has 2 unspecified atom stereocenters.